The van der Waals surface area contributed by atoms with E-state index in [4.69, 9.17) is 10.5 Å². The SMILES string of the molecule is NC1COCC1c1csc(COCC(F)(F)C(F)F)n1. The number of rotatable bonds is 6. The van der Waals surface area contributed by atoms with E-state index in [-0.39, 0.29) is 18.6 Å². The van der Waals surface area contributed by atoms with Gasteiger partial charge >= 0.3 is 12.3 Å². The van der Waals surface area contributed by atoms with E-state index in [1.54, 1.807) is 5.38 Å². The summed E-state index contributed by atoms with van der Waals surface area (Å²) in [6.07, 6.45) is -3.73. The molecule has 2 unspecified atom stereocenters. The second kappa shape index (κ2) is 6.33. The van der Waals surface area contributed by atoms with E-state index in [9.17, 15) is 17.6 Å². The summed E-state index contributed by atoms with van der Waals surface area (Å²) in [7, 11) is 0. The van der Waals surface area contributed by atoms with Crippen molar-refractivity contribution < 1.29 is 27.0 Å². The first-order valence-electron chi connectivity index (χ1n) is 5.91. The van der Waals surface area contributed by atoms with Gasteiger partial charge in [-0.25, -0.2) is 13.8 Å². The van der Waals surface area contributed by atoms with Gasteiger partial charge in [0.05, 0.1) is 25.5 Å². The number of nitrogens with zero attached hydrogens (tertiary/aromatic N) is 1. The average Bonchev–Trinajstić information content (AvgIpc) is 2.97. The summed E-state index contributed by atoms with van der Waals surface area (Å²) in [5.41, 5.74) is 6.56. The molecule has 2 heterocycles. The van der Waals surface area contributed by atoms with Crippen LogP contribution in [0.15, 0.2) is 5.38 Å². The Morgan fingerprint density at radius 2 is 2.25 bits per heavy atom. The maximum atomic E-state index is 12.6. The van der Waals surface area contributed by atoms with Crippen LogP contribution in [-0.4, -0.2) is 43.2 Å². The molecule has 1 aliphatic rings. The molecular formula is C11H14F4N2O2S. The largest absolute Gasteiger partial charge is 0.379 e. The minimum Gasteiger partial charge on any atom is -0.379 e. The van der Waals surface area contributed by atoms with E-state index in [0.717, 1.165) is 5.69 Å². The van der Waals surface area contributed by atoms with Gasteiger partial charge in [0.25, 0.3) is 0 Å². The highest BCUT2D eigenvalue weighted by atomic mass is 32.1. The highest BCUT2D eigenvalue weighted by Gasteiger charge is 2.41. The first-order chi connectivity index (χ1) is 9.40. The second-order valence-electron chi connectivity index (χ2n) is 4.53. The van der Waals surface area contributed by atoms with Gasteiger partial charge in [-0.3, -0.25) is 0 Å². The molecule has 0 bridgehead atoms. The summed E-state index contributed by atoms with van der Waals surface area (Å²) < 4.78 is 58.9. The molecule has 1 saturated heterocycles. The van der Waals surface area contributed by atoms with E-state index >= 15 is 0 Å². The normalized spacial score (nSPS) is 23.7. The van der Waals surface area contributed by atoms with Crippen LogP contribution in [0.2, 0.25) is 0 Å². The summed E-state index contributed by atoms with van der Waals surface area (Å²) >= 11 is 1.22. The number of hydrogen-bond donors (Lipinski definition) is 1. The van der Waals surface area contributed by atoms with E-state index in [1.165, 1.54) is 11.3 Å². The van der Waals surface area contributed by atoms with Gasteiger partial charge in [0.2, 0.25) is 0 Å². The zero-order valence-electron chi connectivity index (χ0n) is 10.4. The van der Waals surface area contributed by atoms with Crippen molar-refractivity contribution in [2.75, 3.05) is 19.8 Å². The van der Waals surface area contributed by atoms with Crippen molar-refractivity contribution >= 4 is 11.3 Å². The molecule has 2 rings (SSSR count). The lowest BCUT2D eigenvalue weighted by Gasteiger charge is -2.14. The van der Waals surface area contributed by atoms with Crippen LogP contribution < -0.4 is 5.73 Å². The van der Waals surface area contributed by atoms with Crippen molar-refractivity contribution in [2.45, 2.75) is 30.9 Å². The van der Waals surface area contributed by atoms with E-state index < -0.39 is 19.0 Å². The third-order valence-electron chi connectivity index (χ3n) is 2.91. The standard InChI is InChI=1S/C11H14F4N2O2S/c12-10(13)11(14,15)5-19-3-9-17-8(4-20-9)6-1-18-2-7(6)16/h4,6-7,10H,1-3,5,16H2. The van der Waals surface area contributed by atoms with Crippen LogP contribution >= 0.6 is 11.3 Å². The molecule has 0 spiro atoms. The van der Waals surface area contributed by atoms with Gasteiger partial charge in [-0.2, -0.15) is 8.78 Å². The maximum Gasteiger partial charge on any atom is 0.330 e. The number of halogens is 4. The van der Waals surface area contributed by atoms with Crippen molar-refractivity contribution in [2.24, 2.45) is 5.73 Å². The number of ether oxygens (including phenoxy) is 2. The van der Waals surface area contributed by atoms with Crippen molar-refractivity contribution in [1.29, 1.82) is 0 Å². The molecule has 0 aliphatic carbocycles. The monoisotopic (exact) mass is 314 g/mol. The molecule has 2 atom stereocenters. The quantitative estimate of drug-likeness (QED) is 0.816. The van der Waals surface area contributed by atoms with Crippen LogP contribution in [0.5, 0.6) is 0 Å². The van der Waals surface area contributed by atoms with Crippen molar-refractivity contribution in [3.63, 3.8) is 0 Å². The van der Waals surface area contributed by atoms with Crippen LogP contribution in [0.3, 0.4) is 0 Å². The summed E-state index contributed by atoms with van der Waals surface area (Å²) in [6.45, 7) is -0.634. The summed E-state index contributed by atoms with van der Waals surface area (Å²) in [5.74, 6) is -4.16. The molecule has 1 aromatic rings. The Morgan fingerprint density at radius 1 is 1.50 bits per heavy atom. The lowest BCUT2D eigenvalue weighted by molar-refractivity contribution is -0.168. The number of thiazole rings is 1. The Hall–Kier alpha value is -0.770. The molecule has 2 N–H and O–H groups in total. The molecule has 1 aromatic heterocycles. The zero-order chi connectivity index (χ0) is 14.8. The fourth-order valence-corrected chi connectivity index (χ4v) is 2.57. The molecule has 1 aliphatic heterocycles. The number of hydrogen-bond acceptors (Lipinski definition) is 5. The third kappa shape index (κ3) is 3.66. The van der Waals surface area contributed by atoms with Crippen LogP contribution in [0.25, 0.3) is 0 Å². The fourth-order valence-electron chi connectivity index (χ4n) is 1.77. The van der Waals surface area contributed by atoms with E-state index in [2.05, 4.69) is 9.72 Å². The van der Waals surface area contributed by atoms with Gasteiger partial charge in [-0.1, -0.05) is 0 Å². The van der Waals surface area contributed by atoms with Crippen LogP contribution in [-0.2, 0) is 16.1 Å². The second-order valence-corrected chi connectivity index (χ2v) is 5.47. The molecule has 0 amide bonds. The smallest absolute Gasteiger partial charge is 0.330 e. The molecular weight excluding hydrogens is 300 g/mol. The van der Waals surface area contributed by atoms with Gasteiger partial charge in [0.15, 0.2) is 0 Å². The van der Waals surface area contributed by atoms with Gasteiger partial charge in [0.1, 0.15) is 11.6 Å². The van der Waals surface area contributed by atoms with Gasteiger partial charge < -0.3 is 15.2 Å². The predicted molar refractivity (Wildman–Crippen MR) is 64.3 cm³/mol. The number of alkyl halides is 4. The number of nitrogens with two attached hydrogens (primary N) is 1. The van der Waals surface area contributed by atoms with Crippen LogP contribution in [0.4, 0.5) is 17.6 Å². The Kier molecular flexibility index (Phi) is 4.95. The Morgan fingerprint density at radius 3 is 2.85 bits per heavy atom. The molecule has 0 aromatic carbocycles. The lowest BCUT2D eigenvalue weighted by atomic mass is 10.0. The average molecular weight is 314 g/mol. The molecule has 1 fully saturated rings. The Labute approximate surface area is 116 Å². The third-order valence-corrected chi connectivity index (χ3v) is 3.75. The molecule has 9 heteroatoms. The van der Waals surface area contributed by atoms with Crippen LogP contribution in [0.1, 0.15) is 16.6 Å². The molecule has 20 heavy (non-hydrogen) atoms. The minimum absolute atomic E-state index is 0.0255. The summed E-state index contributed by atoms with van der Waals surface area (Å²) in [6, 6.07) is -0.144. The Bertz CT molecular complexity index is 444. The lowest BCUT2D eigenvalue weighted by Crippen LogP contribution is -2.32. The molecule has 0 saturated carbocycles. The summed E-state index contributed by atoms with van der Waals surface area (Å²) in [4.78, 5) is 4.21. The Balaban J connectivity index is 1.84. The minimum atomic E-state index is -4.14. The molecule has 4 nitrogen and oxygen atoms in total. The molecule has 0 radical (unpaired) electrons. The fraction of sp³-hybridized carbons (Fsp3) is 0.727. The van der Waals surface area contributed by atoms with Gasteiger partial charge in [-0.15, -0.1) is 11.3 Å². The topological polar surface area (TPSA) is 57.4 Å². The highest BCUT2D eigenvalue weighted by molar-refractivity contribution is 7.09. The van der Waals surface area contributed by atoms with Crippen LogP contribution in [0, 0.1) is 0 Å². The first kappa shape index (κ1) is 15.6. The van der Waals surface area contributed by atoms with Crippen molar-refractivity contribution in [3.8, 4) is 0 Å². The first-order valence-corrected chi connectivity index (χ1v) is 6.79. The molecule has 114 valence electrons. The summed E-state index contributed by atoms with van der Waals surface area (Å²) in [5, 5.41) is 2.20. The van der Waals surface area contributed by atoms with Gasteiger partial charge in [0, 0.05) is 17.3 Å². The highest BCUT2D eigenvalue weighted by Crippen LogP contribution is 2.27. The number of aromatic nitrogens is 1. The van der Waals surface area contributed by atoms with Crippen molar-refractivity contribution in [1.82, 2.24) is 4.98 Å². The zero-order valence-corrected chi connectivity index (χ0v) is 11.2. The van der Waals surface area contributed by atoms with Crippen molar-refractivity contribution in [3.05, 3.63) is 16.1 Å². The van der Waals surface area contributed by atoms with Gasteiger partial charge in [-0.05, 0) is 0 Å². The van der Waals surface area contributed by atoms with E-state index in [1.807, 2.05) is 0 Å². The van der Waals surface area contributed by atoms with E-state index in [0.29, 0.717) is 18.2 Å². The predicted octanol–water partition coefficient (Wildman–Crippen LogP) is 2.00. The maximum absolute atomic E-state index is 12.6.